The van der Waals surface area contributed by atoms with Crippen LogP contribution in [0, 0.1) is 0 Å². The molecule has 2 heterocycles. The first kappa shape index (κ1) is 18.6. The van der Waals surface area contributed by atoms with Gasteiger partial charge in [0.15, 0.2) is 0 Å². The molecule has 0 unspecified atom stereocenters. The second kappa shape index (κ2) is 7.98. The average Bonchev–Trinajstić information content (AvgIpc) is 3.20. The lowest BCUT2D eigenvalue weighted by molar-refractivity contribution is 0.0600. The van der Waals surface area contributed by atoms with Crippen LogP contribution in [-0.4, -0.2) is 73.0 Å². The van der Waals surface area contributed by atoms with Crippen LogP contribution in [0.15, 0.2) is 47.9 Å². The molecule has 0 spiro atoms. The first-order chi connectivity index (χ1) is 12.5. The summed E-state index contributed by atoms with van der Waals surface area (Å²) in [5, 5.41) is 0. The van der Waals surface area contributed by atoms with E-state index in [-0.39, 0.29) is 4.90 Å². The van der Waals surface area contributed by atoms with Gasteiger partial charge in [0.1, 0.15) is 0 Å². The third-order valence-electron chi connectivity index (χ3n) is 4.48. The number of esters is 1. The molecule has 0 N–H and O–H groups in total. The second-order valence-corrected chi connectivity index (χ2v) is 8.00. The van der Waals surface area contributed by atoms with Gasteiger partial charge in [-0.25, -0.2) is 18.2 Å². The molecule has 0 amide bonds. The Balaban J connectivity index is 1.58. The molecule has 0 saturated carbocycles. The summed E-state index contributed by atoms with van der Waals surface area (Å²) in [6.45, 7) is 3.97. The van der Waals surface area contributed by atoms with Crippen molar-refractivity contribution in [2.75, 3.05) is 39.8 Å². The molecule has 0 aliphatic carbocycles. The van der Waals surface area contributed by atoms with Crippen LogP contribution in [0.25, 0.3) is 0 Å². The highest BCUT2D eigenvalue weighted by Gasteiger charge is 2.28. The molecule has 2 aromatic rings. The largest absolute Gasteiger partial charge is 0.465 e. The van der Waals surface area contributed by atoms with Crippen molar-refractivity contribution in [2.24, 2.45) is 0 Å². The van der Waals surface area contributed by atoms with Crippen molar-refractivity contribution < 1.29 is 17.9 Å². The summed E-state index contributed by atoms with van der Waals surface area (Å²) in [4.78, 5) is 17.9. The van der Waals surface area contributed by atoms with Crippen LogP contribution >= 0.6 is 0 Å². The zero-order chi connectivity index (χ0) is 18.6. The molecule has 140 valence electrons. The summed E-state index contributed by atoms with van der Waals surface area (Å²) in [6.07, 6.45) is 5.44. The minimum absolute atomic E-state index is 0.192. The van der Waals surface area contributed by atoms with E-state index in [1.165, 1.54) is 35.7 Å². The van der Waals surface area contributed by atoms with E-state index in [2.05, 4.69) is 14.6 Å². The number of aromatic nitrogens is 2. The second-order valence-electron chi connectivity index (χ2n) is 6.06. The van der Waals surface area contributed by atoms with Crippen molar-refractivity contribution in [1.29, 1.82) is 0 Å². The molecular formula is C17H22N4O4S. The van der Waals surface area contributed by atoms with Crippen LogP contribution in [0.3, 0.4) is 0 Å². The monoisotopic (exact) mass is 378 g/mol. The fraction of sp³-hybridized carbons (Fsp3) is 0.412. The number of imidazole rings is 1. The number of carbonyl (C=O) groups is 1. The van der Waals surface area contributed by atoms with Crippen molar-refractivity contribution in [2.45, 2.75) is 11.4 Å². The van der Waals surface area contributed by atoms with Gasteiger partial charge < -0.3 is 9.30 Å². The smallest absolute Gasteiger partial charge is 0.337 e. The molecule has 1 fully saturated rings. The minimum atomic E-state index is -3.55. The van der Waals surface area contributed by atoms with E-state index >= 15 is 0 Å². The van der Waals surface area contributed by atoms with E-state index in [4.69, 9.17) is 0 Å². The number of hydrogen-bond acceptors (Lipinski definition) is 6. The zero-order valence-electron chi connectivity index (χ0n) is 14.6. The summed E-state index contributed by atoms with van der Waals surface area (Å²) in [6, 6.07) is 5.85. The highest BCUT2D eigenvalue weighted by molar-refractivity contribution is 7.89. The number of hydrogen-bond donors (Lipinski definition) is 0. The molecule has 9 heteroatoms. The Morgan fingerprint density at radius 2 is 1.81 bits per heavy atom. The number of benzene rings is 1. The lowest BCUT2D eigenvalue weighted by atomic mass is 10.2. The Bertz CT molecular complexity index is 826. The highest BCUT2D eigenvalue weighted by Crippen LogP contribution is 2.18. The van der Waals surface area contributed by atoms with Crippen LogP contribution in [0.4, 0.5) is 0 Å². The third kappa shape index (κ3) is 4.12. The lowest BCUT2D eigenvalue weighted by Crippen LogP contribution is -2.49. The number of ether oxygens (including phenoxy) is 1. The average molecular weight is 378 g/mol. The number of sulfonamides is 1. The van der Waals surface area contributed by atoms with Gasteiger partial charge in [-0.2, -0.15) is 4.31 Å². The number of methoxy groups -OCH3 is 1. The molecular weight excluding hydrogens is 356 g/mol. The quantitative estimate of drug-likeness (QED) is 0.687. The van der Waals surface area contributed by atoms with Gasteiger partial charge in [-0.05, 0) is 24.3 Å². The van der Waals surface area contributed by atoms with Crippen molar-refractivity contribution >= 4 is 16.0 Å². The highest BCUT2D eigenvalue weighted by atomic mass is 32.2. The molecule has 8 nitrogen and oxygen atoms in total. The lowest BCUT2D eigenvalue weighted by Gasteiger charge is -2.34. The van der Waals surface area contributed by atoms with Gasteiger partial charge in [0.25, 0.3) is 0 Å². The van der Waals surface area contributed by atoms with E-state index in [1.807, 2.05) is 10.8 Å². The normalized spacial score (nSPS) is 16.5. The van der Waals surface area contributed by atoms with Crippen molar-refractivity contribution in [3.63, 3.8) is 0 Å². The van der Waals surface area contributed by atoms with Crippen LogP contribution in [-0.2, 0) is 21.3 Å². The number of nitrogens with zero attached hydrogens (tertiary/aromatic N) is 4. The van der Waals surface area contributed by atoms with Crippen LogP contribution in [0.2, 0.25) is 0 Å². The molecule has 1 aromatic carbocycles. The van der Waals surface area contributed by atoms with E-state index in [0.29, 0.717) is 31.7 Å². The summed E-state index contributed by atoms with van der Waals surface area (Å²) in [5.41, 5.74) is 0.329. The predicted octanol–water partition coefficient (Wildman–Crippen LogP) is 0.676. The van der Waals surface area contributed by atoms with Crippen molar-refractivity contribution in [3.05, 3.63) is 48.5 Å². The summed E-state index contributed by atoms with van der Waals surface area (Å²) >= 11 is 0. The van der Waals surface area contributed by atoms with Crippen LogP contribution in [0.1, 0.15) is 10.4 Å². The Kier molecular flexibility index (Phi) is 5.70. The number of piperazine rings is 1. The Labute approximate surface area is 153 Å². The first-order valence-corrected chi connectivity index (χ1v) is 9.81. The van der Waals surface area contributed by atoms with Gasteiger partial charge in [0.05, 0.1) is 23.9 Å². The molecule has 26 heavy (non-hydrogen) atoms. The fourth-order valence-corrected chi connectivity index (χ4v) is 4.32. The fourth-order valence-electron chi connectivity index (χ4n) is 2.90. The summed E-state index contributed by atoms with van der Waals surface area (Å²) in [5.74, 6) is -0.486. The van der Waals surface area contributed by atoms with Crippen LogP contribution < -0.4 is 0 Å². The van der Waals surface area contributed by atoms with Gasteiger partial charge in [-0.1, -0.05) is 0 Å². The SMILES string of the molecule is COC(=O)c1ccc(S(=O)(=O)N2CCN(CCn3ccnc3)CC2)cc1. The maximum absolute atomic E-state index is 12.8. The van der Waals surface area contributed by atoms with E-state index in [9.17, 15) is 13.2 Å². The molecule has 0 bridgehead atoms. The van der Waals surface area contributed by atoms with Gasteiger partial charge in [-0.15, -0.1) is 0 Å². The summed E-state index contributed by atoms with van der Waals surface area (Å²) in [7, 11) is -2.26. The van der Waals surface area contributed by atoms with Gasteiger partial charge >= 0.3 is 5.97 Å². The molecule has 0 atom stereocenters. The maximum Gasteiger partial charge on any atom is 0.337 e. The summed E-state index contributed by atoms with van der Waals surface area (Å²) < 4.78 is 33.7. The molecule has 1 aromatic heterocycles. The minimum Gasteiger partial charge on any atom is -0.465 e. The number of carbonyl (C=O) groups excluding carboxylic acids is 1. The topological polar surface area (TPSA) is 84.7 Å². The predicted molar refractivity (Wildman–Crippen MR) is 95.2 cm³/mol. The Morgan fingerprint density at radius 1 is 1.12 bits per heavy atom. The maximum atomic E-state index is 12.8. The Hall–Kier alpha value is -2.23. The number of rotatable bonds is 6. The van der Waals surface area contributed by atoms with Crippen LogP contribution in [0.5, 0.6) is 0 Å². The molecule has 1 aliphatic heterocycles. The van der Waals surface area contributed by atoms with Gasteiger partial charge in [0.2, 0.25) is 10.0 Å². The molecule has 0 radical (unpaired) electrons. The molecule has 1 aliphatic rings. The molecule has 3 rings (SSSR count). The van der Waals surface area contributed by atoms with E-state index in [0.717, 1.165) is 13.1 Å². The Morgan fingerprint density at radius 3 is 2.38 bits per heavy atom. The first-order valence-electron chi connectivity index (χ1n) is 8.37. The van der Waals surface area contributed by atoms with E-state index in [1.54, 1.807) is 12.5 Å². The van der Waals surface area contributed by atoms with Gasteiger partial charge in [0, 0.05) is 51.7 Å². The van der Waals surface area contributed by atoms with Gasteiger partial charge in [-0.3, -0.25) is 4.90 Å². The third-order valence-corrected chi connectivity index (χ3v) is 6.39. The zero-order valence-corrected chi connectivity index (χ0v) is 15.4. The van der Waals surface area contributed by atoms with E-state index < -0.39 is 16.0 Å². The van der Waals surface area contributed by atoms with Crippen molar-refractivity contribution in [1.82, 2.24) is 18.8 Å². The standard InChI is InChI=1S/C17H22N4O4S/c1-25-17(22)15-2-4-16(5-3-15)26(23,24)21-12-10-19(11-13-21)8-9-20-7-6-18-14-20/h2-7,14H,8-13H2,1H3. The molecule has 1 saturated heterocycles. The van der Waals surface area contributed by atoms with Crippen molar-refractivity contribution in [3.8, 4) is 0 Å².